The molecule has 1 unspecified atom stereocenters. The Morgan fingerprint density at radius 3 is 3.07 bits per heavy atom. The van der Waals surface area contributed by atoms with E-state index in [0.29, 0.717) is 0 Å². The van der Waals surface area contributed by atoms with Crippen LogP contribution in [0.25, 0.3) is 0 Å². The van der Waals surface area contributed by atoms with Gasteiger partial charge in [0, 0.05) is 13.0 Å². The Morgan fingerprint density at radius 2 is 2.43 bits per heavy atom. The molecule has 4 heteroatoms. The van der Waals surface area contributed by atoms with Crippen molar-refractivity contribution in [3.05, 3.63) is 11.0 Å². The number of thioether (sulfide) groups is 1. The van der Waals surface area contributed by atoms with E-state index in [1.54, 1.807) is 4.91 Å². The Morgan fingerprint density at radius 1 is 1.71 bits per heavy atom. The fourth-order valence-electron chi connectivity index (χ4n) is 1.60. The van der Waals surface area contributed by atoms with Crippen molar-refractivity contribution in [2.75, 3.05) is 12.3 Å². The van der Waals surface area contributed by atoms with E-state index < -0.39 is 5.97 Å². The molecule has 2 N–H and O–H groups in total. The highest BCUT2D eigenvalue weighted by Crippen LogP contribution is 2.31. The van der Waals surface area contributed by atoms with Gasteiger partial charge in [-0.05, 0) is 36.5 Å². The minimum atomic E-state index is -0.833. The topological polar surface area (TPSA) is 49.3 Å². The molecule has 0 amide bonds. The van der Waals surface area contributed by atoms with Gasteiger partial charge in [-0.3, -0.25) is 4.79 Å². The Kier molecular flexibility index (Phi) is 5.04. The van der Waals surface area contributed by atoms with Crippen molar-refractivity contribution in [2.45, 2.75) is 32.2 Å². The van der Waals surface area contributed by atoms with Crippen LogP contribution in [0.3, 0.4) is 0 Å². The quantitative estimate of drug-likeness (QED) is 0.647. The lowest BCUT2D eigenvalue weighted by Crippen LogP contribution is -2.35. The molecule has 0 radical (unpaired) electrons. The average Bonchev–Trinajstić information content (AvgIpc) is 2.17. The van der Waals surface area contributed by atoms with E-state index >= 15 is 0 Å². The summed E-state index contributed by atoms with van der Waals surface area (Å²) in [5, 5.41) is 10.9. The summed E-state index contributed by atoms with van der Waals surface area (Å²) >= 11 is 2.05. The third-order valence-corrected chi connectivity index (χ3v) is 3.41. The number of hydrogen-bond donors (Lipinski definition) is 2. The van der Waals surface area contributed by atoms with E-state index in [1.807, 2.05) is 11.8 Å². The van der Waals surface area contributed by atoms with Crippen LogP contribution >= 0.6 is 11.8 Å². The molecule has 2 heterocycles. The van der Waals surface area contributed by atoms with E-state index in [1.165, 1.54) is 31.6 Å². The van der Waals surface area contributed by atoms with Crippen LogP contribution in [0, 0.1) is 0 Å². The fourth-order valence-corrected chi connectivity index (χ4v) is 2.78. The molecule has 0 aliphatic carbocycles. The molecule has 0 aromatic rings. The molecule has 1 atom stereocenters. The molecule has 0 bridgehead atoms. The number of carboxylic acid groups (broad SMARTS) is 1. The maximum absolute atomic E-state index is 9.00. The monoisotopic (exact) mass is 215 g/mol. The molecule has 0 aromatic heterocycles. The van der Waals surface area contributed by atoms with Crippen molar-refractivity contribution in [3.63, 3.8) is 0 Å². The van der Waals surface area contributed by atoms with Crippen LogP contribution in [0.1, 0.15) is 26.2 Å². The predicted octanol–water partition coefficient (Wildman–Crippen LogP) is 1.85. The number of nitrogens with one attached hydrogen (secondary N) is 1. The summed E-state index contributed by atoms with van der Waals surface area (Å²) in [6.07, 6.45) is 6.39. The lowest BCUT2D eigenvalue weighted by Gasteiger charge is -2.28. The van der Waals surface area contributed by atoms with Gasteiger partial charge >= 0.3 is 0 Å². The van der Waals surface area contributed by atoms with Gasteiger partial charge in [-0.2, -0.15) is 0 Å². The molecule has 3 nitrogen and oxygen atoms in total. The fraction of sp³-hybridized carbons (Fsp3) is 0.700. The smallest absolute Gasteiger partial charge is 0.300 e. The second kappa shape index (κ2) is 6.09. The number of aliphatic carboxylic acids is 1. The molecule has 2 rings (SSSR count). The Hall–Kier alpha value is -0.480. The van der Waals surface area contributed by atoms with Crippen LogP contribution in [-0.2, 0) is 4.79 Å². The summed E-state index contributed by atoms with van der Waals surface area (Å²) in [6, 6.07) is 0.729. The van der Waals surface area contributed by atoms with Crippen LogP contribution < -0.4 is 5.32 Å². The molecule has 0 aromatic carbocycles. The first-order valence-electron chi connectivity index (χ1n) is 4.96. The van der Waals surface area contributed by atoms with E-state index in [4.69, 9.17) is 9.90 Å². The minimum Gasteiger partial charge on any atom is -0.481 e. The molecule has 80 valence electrons. The molecule has 0 saturated carbocycles. The van der Waals surface area contributed by atoms with Crippen molar-refractivity contribution in [2.24, 2.45) is 0 Å². The number of rotatable bonds is 0. The zero-order valence-corrected chi connectivity index (χ0v) is 9.27. The molecular formula is C10H17NO2S. The SMILES string of the molecule is C1=C2SCCCC2NCC1.CC(=O)O. The zero-order valence-electron chi connectivity index (χ0n) is 8.45. The maximum Gasteiger partial charge on any atom is 0.300 e. The molecule has 14 heavy (non-hydrogen) atoms. The largest absolute Gasteiger partial charge is 0.481 e. The highest BCUT2D eigenvalue weighted by Gasteiger charge is 2.20. The summed E-state index contributed by atoms with van der Waals surface area (Å²) in [5.74, 6) is 0.504. The molecule has 2 aliphatic rings. The van der Waals surface area contributed by atoms with Crippen LogP contribution in [0.15, 0.2) is 11.0 Å². The average molecular weight is 215 g/mol. The summed E-state index contributed by atoms with van der Waals surface area (Å²) in [5.41, 5.74) is 0. The van der Waals surface area contributed by atoms with Crippen LogP contribution in [0.5, 0.6) is 0 Å². The number of fused-ring (bicyclic) bond motifs is 1. The van der Waals surface area contributed by atoms with Crippen molar-refractivity contribution in [3.8, 4) is 0 Å². The summed E-state index contributed by atoms with van der Waals surface area (Å²) < 4.78 is 0. The van der Waals surface area contributed by atoms with Gasteiger partial charge in [-0.1, -0.05) is 6.08 Å². The van der Waals surface area contributed by atoms with Gasteiger partial charge in [0.15, 0.2) is 0 Å². The second-order valence-electron chi connectivity index (χ2n) is 3.41. The first kappa shape index (κ1) is 11.6. The van der Waals surface area contributed by atoms with Crippen LogP contribution in [0.2, 0.25) is 0 Å². The number of carbonyl (C=O) groups is 1. The number of carboxylic acids is 1. The second-order valence-corrected chi connectivity index (χ2v) is 4.58. The molecular weight excluding hydrogens is 198 g/mol. The van der Waals surface area contributed by atoms with Crippen LogP contribution in [0.4, 0.5) is 0 Å². The van der Waals surface area contributed by atoms with Gasteiger partial charge < -0.3 is 10.4 Å². The van der Waals surface area contributed by atoms with Gasteiger partial charge in [0.05, 0.1) is 0 Å². The van der Waals surface area contributed by atoms with Crippen molar-refractivity contribution < 1.29 is 9.90 Å². The first-order chi connectivity index (χ1) is 6.70. The zero-order chi connectivity index (χ0) is 10.4. The van der Waals surface area contributed by atoms with Gasteiger partial charge in [0.25, 0.3) is 5.97 Å². The third kappa shape index (κ3) is 4.15. The van der Waals surface area contributed by atoms with Gasteiger partial charge in [-0.25, -0.2) is 0 Å². The van der Waals surface area contributed by atoms with E-state index in [9.17, 15) is 0 Å². The van der Waals surface area contributed by atoms with Crippen molar-refractivity contribution in [1.29, 1.82) is 0 Å². The maximum atomic E-state index is 9.00. The lowest BCUT2D eigenvalue weighted by atomic mass is 10.1. The summed E-state index contributed by atoms with van der Waals surface area (Å²) in [6.45, 7) is 2.27. The normalized spacial score (nSPS) is 25.2. The number of hydrogen-bond acceptors (Lipinski definition) is 3. The highest BCUT2D eigenvalue weighted by molar-refractivity contribution is 8.03. The predicted molar refractivity (Wildman–Crippen MR) is 59.5 cm³/mol. The highest BCUT2D eigenvalue weighted by atomic mass is 32.2. The van der Waals surface area contributed by atoms with Gasteiger partial charge in [0.2, 0.25) is 0 Å². The summed E-state index contributed by atoms with van der Waals surface area (Å²) in [7, 11) is 0. The molecule has 2 aliphatic heterocycles. The lowest BCUT2D eigenvalue weighted by molar-refractivity contribution is -0.134. The van der Waals surface area contributed by atoms with E-state index in [0.717, 1.165) is 13.0 Å². The van der Waals surface area contributed by atoms with E-state index in [2.05, 4.69) is 11.4 Å². The Labute approximate surface area is 89.0 Å². The molecule has 1 saturated heterocycles. The van der Waals surface area contributed by atoms with Gasteiger partial charge in [-0.15, -0.1) is 11.8 Å². The van der Waals surface area contributed by atoms with Crippen LogP contribution in [-0.4, -0.2) is 29.4 Å². The molecule has 1 fully saturated rings. The van der Waals surface area contributed by atoms with Crippen molar-refractivity contribution >= 4 is 17.7 Å². The Balaban J connectivity index is 0.000000213. The third-order valence-electron chi connectivity index (χ3n) is 2.13. The minimum absolute atomic E-state index is 0.729. The Bertz CT molecular complexity index is 224. The van der Waals surface area contributed by atoms with Gasteiger partial charge in [0.1, 0.15) is 0 Å². The first-order valence-corrected chi connectivity index (χ1v) is 5.94. The van der Waals surface area contributed by atoms with Crippen molar-refractivity contribution in [1.82, 2.24) is 5.32 Å². The molecule has 0 spiro atoms. The standard InChI is InChI=1S/C8H13NS.C2H4O2/c1-4-8-7(9-5-1)3-2-6-10-8;1-2(3)4/h4,7,9H,1-3,5-6H2;1H3,(H,3,4). The van der Waals surface area contributed by atoms with E-state index in [-0.39, 0.29) is 0 Å². The summed E-state index contributed by atoms with van der Waals surface area (Å²) in [4.78, 5) is 10.6.